The van der Waals surface area contributed by atoms with Crippen LogP contribution in [0.5, 0.6) is 0 Å². The predicted octanol–water partition coefficient (Wildman–Crippen LogP) is 7.67. The highest BCUT2D eigenvalue weighted by atomic mass is 19.3. The van der Waals surface area contributed by atoms with Crippen molar-refractivity contribution in [2.24, 2.45) is 5.92 Å². The lowest BCUT2D eigenvalue weighted by Gasteiger charge is -2.36. The number of ether oxygens (including phenoxy) is 2. The van der Waals surface area contributed by atoms with Gasteiger partial charge in [0.15, 0.2) is 6.29 Å². The van der Waals surface area contributed by atoms with Crippen LogP contribution in [0.25, 0.3) is 11.1 Å². The van der Waals surface area contributed by atoms with Crippen molar-refractivity contribution in [3.05, 3.63) is 70.8 Å². The molecule has 1 fully saturated rings. The SMILES string of the molecule is C=CCCC1OCC(CCc2ccc3c(c2F)C(F)(F)C(F)(F)c2c-3ccc(CCC)c2F)CO1. The van der Waals surface area contributed by atoms with Gasteiger partial charge in [0.05, 0.1) is 24.3 Å². The van der Waals surface area contributed by atoms with Crippen LogP contribution in [0.4, 0.5) is 26.3 Å². The Morgan fingerprint density at radius 1 is 0.857 bits per heavy atom. The largest absolute Gasteiger partial charge is 0.352 e. The molecule has 1 aliphatic carbocycles. The lowest BCUT2D eigenvalue weighted by atomic mass is 9.78. The molecular formula is C27H28F6O2. The van der Waals surface area contributed by atoms with E-state index in [2.05, 4.69) is 6.58 Å². The predicted molar refractivity (Wildman–Crippen MR) is 121 cm³/mol. The Labute approximate surface area is 200 Å². The molecule has 0 atom stereocenters. The minimum Gasteiger partial charge on any atom is -0.352 e. The average molecular weight is 499 g/mol. The number of fused-ring (bicyclic) bond motifs is 3. The van der Waals surface area contributed by atoms with Gasteiger partial charge in [0, 0.05) is 12.3 Å². The molecule has 190 valence electrons. The molecule has 1 heterocycles. The minimum atomic E-state index is -4.91. The summed E-state index contributed by atoms with van der Waals surface area (Å²) in [4.78, 5) is 0. The number of allylic oxidation sites excluding steroid dienone is 1. The number of benzene rings is 2. The third-order valence-corrected chi connectivity index (χ3v) is 6.74. The fourth-order valence-electron chi connectivity index (χ4n) is 4.80. The van der Waals surface area contributed by atoms with E-state index in [1.807, 2.05) is 0 Å². The molecule has 1 saturated heterocycles. The van der Waals surface area contributed by atoms with E-state index in [9.17, 15) is 4.39 Å². The Morgan fingerprint density at radius 2 is 1.37 bits per heavy atom. The number of aryl methyl sites for hydroxylation is 2. The van der Waals surface area contributed by atoms with E-state index >= 15 is 22.0 Å². The van der Waals surface area contributed by atoms with Gasteiger partial charge in [0.25, 0.3) is 0 Å². The molecule has 0 radical (unpaired) electrons. The Balaban J connectivity index is 1.62. The normalized spacial score (nSPS) is 22.4. The van der Waals surface area contributed by atoms with Crippen LogP contribution in [-0.2, 0) is 34.2 Å². The molecule has 35 heavy (non-hydrogen) atoms. The van der Waals surface area contributed by atoms with Gasteiger partial charge >= 0.3 is 11.8 Å². The average Bonchev–Trinajstić information content (AvgIpc) is 2.82. The summed E-state index contributed by atoms with van der Waals surface area (Å²) in [5.74, 6) is -12.6. The lowest BCUT2D eigenvalue weighted by Crippen LogP contribution is -2.41. The molecule has 0 bridgehead atoms. The molecule has 0 unspecified atom stereocenters. The Morgan fingerprint density at radius 3 is 1.86 bits per heavy atom. The molecule has 2 nitrogen and oxygen atoms in total. The summed E-state index contributed by atoms with van der Waals surface area (Å²) in [5.41, 5.74) is -3.72. The fourth-order valence-corrected chi connectivity index (χ4v) is 4.80. The molecule has 0 amide bonds. The van der Waals surface area contributed by atoms with Gasteiger partial charge < -0.3 is 9.47 Å². The van der Waals surface area contributed by atoms with E-state index in [-0.39, 0.29) is 36.2 Å². The van der Waals surface area contributed by atoms with Crippen LogP contribution in [0.2, 0.25) is 0 Å². The van der Waals surface area contributed by atoms with Gasteiger partial charge in [-0.1, -0.05) is 43.7 Å². The smallest absolute Gasteiger partial charge is 0.343 e. The van der Waals surface area contributed by atoms with Crippen molar-refractivity contribution in [2.45, 2.75) is 63.6 Å². The monoisotopic (exact) mass is 498 g/mol. The summed E-state index contributed by atoms with van der Waals surface area (Å²) in [7, 11) is 0. The Kier molecular flexibility index (Phi) is 7.34. The van der Waals surface area contributed by atoms with Crippen molar-refractivity contribution in [3.8, 4) is 11.1 Å². The standard InChI is InChI=1S/C27H28F6O2/c1-3-5-7-21-34-14-16(15-35-21)8-9-18-11-13-20-19-12-10-17(6-4-2)24(28)22(19)26(30,31)27(32,33)23(20)25(18)29/h3,10-13,16,21H,1,4-9,14-15H2,2H3. The molecule has 0 N–H and O–H groups in total. The zero-order chi connectivity index (χ0) is 25.4. The molecule has 4 rings (SSSR count). The topological polar surface area (TPSA) is 18.5 Å². The summed E-state index contributed by atoms with van der Waals surface area (Å²) >= 11 is 0. The number of alkyl halides is 4. The first kappa shape index (κ1) is 25.8. The Hall–Kier alpha value is -2.32. The molecule has 2 aliphatic rings. The highest BCUT2D eigenvalue weighted by Gasteiger charge is 2.65. The summed E-state index contributed by atoms with van der Waals surface area (Å²) in [5, 5.41) is 0. The highest BCUT2D eigenvalue weighted by Crippen LogP contribution is 2.59. The quantitative estimate of drug-likeness (QED) is 0.275. The van der Waals surface area contributed by atoms with E-state index in [0.717, 1.165) is 6.42 Å². The second-order valence-corrected chi connectivity index (χ2v) is 9.19. The van der Waals surface area contributed by atoms with Crippen molar-refractivity contribution in [2.75, 3.05) is 13.2 Å². The first-order chi connectivity index (χ1) is 16.6. The van der Waals surface area contributed by atoms with Gasteiger partial charge in [-0.15, -0.1) is 6.58 Å². The van der Waals surface area contributed by atoms with Crippen LogP contribution in [0.1, 0.15) is 54.9 Å². The highest BCUT2D eigenvalue weighted by molar-refractivity contribution is 5.77. The summed E-state index contributed by atoms with van der Waals surface area (Å²) in [6.07, 6.45) is 3.83. The fraction of sp³-hybridized carbons (Fsp3) is 0.481. The molecule has 8 heteroatoms. The molecule has 2 aromatic carbocycles. The van der Waals surface area contributed by atoms with Crippen LogP contribution in [0.15, 0.2) is 36.9 Å². The van der Waals surface area contributed by atoms with Gasteiger partial charge in [-0.25, -0.2) is 8.78 Å². The van der Waals surface area contributed by atoms with Crippen molar-refractivity contribution in [1.82, 2.24) is 0 Å². The van der Waals surface area contributed by atoms with Gasteiger partial charge in [-0.05, 0) is 47.9 Å². The van der Waals surface area contributed by atoms with Crippen molar-refractivity contribution in [3.63, 3.8) is 0 Å². The van der Waals surface area contributed by atoms with Crippen LogP contribution in [-0.4, -0.2) is 19.5 Å². The van der Waals surface area contributed by atoms with E-state index in [4.69, 9.17) is 9.47 Å². The van der Waals surface area contributed by atoms with Crippen LogP contribution < -0.4 is 0 Å². The number of rotatable bonds is 8. The third kappa shape index (κ3) is 4.51. The first-order valence-electron chi connectivity index (χ1n) is 11.9. The zero-order valence-corrected chi connectivity index (χ0v) is 19.5. The molecule has 0 aromatic heterocycles. The van der Waals surface area contributed by atoms with E-state index in [1.54, 1.807) is 13.0 Å². The molecular weight excluding hydrogens is 470 g/mol. The maximum Gasteiger partial charge on any atom is 0.343 e. The van der Waals surface area contributed by atoms with Crippen molar-refractivity contribution < 1.29 is 35.8 Å². The van der Waals surface area contributed by atoms with Crippen LogP contribution in [0.3, 0.4) is 0 Å². The van der Waals surface area contributed by atoms with E-state index in [1.165, 1.54) is 24.3 Å². The van der Waals surface area contributed by atoms with E-state index in [0.29, 0.717) is 32.5 Å². The first-order valence-corrected chi connectivity index (χ1v) is 11.9. The van der Waals surface area contributed by atoms with Gasteiger partial charge in [-0.2, -0.15) is 17.6 Å². The van der Waals surface area contributed by atoms with Crippen LogP contribution >= 0.6 is 0 Å². The van der Waals surface area contributed by atoms with Gasteiger partial charge in [0.1, 0.15) is 11.6 Å². The second kappa shape index (κ2) is 9.97. The second-order valence-electron chi connectivity index (χ2n) is 9.19. The Bertz CT molecular complexity index is 1090. The van der Waals surface area contributed by atoms with E-state index < -0.39 is 45.7 Å². The summed E-state index contributed by atoms with van der Waals surface area (Å²) < 4.78 is 102. The maximum atomic E-state index is 15.4. The molecule has 0 saturated carbocycles. The van der Waals surface area contributed by atoms with Gasteiger partial charge in [0.2, 0.25) is 0 Å². The van der Waals surface area contributed by atoms with Gasteiger partial charge in [-0.3, -0.25) is 0 Å². The zero-order valence-electron chi connectivity index (χ0n) is 19.5. The third-order valence-electron chi connectivity index (χ3n) is 6.74. The molecule has 1 aliphatic heterocycles. The maximum absolute atomic E-state index is 15.4. The molecule has 2 aromatic rings. The van der Waals surface area contributed by atoms with Crippen LogP contribution in [0, 0.1) is 17.6 Å². The minimum absolute atomic E-state index is 0.0477. The number of halogens is 6. The summed E-state index contributed by atoms with van der Waals surface area (Å²) in [6.45, 7) is 6.11. The van der Waals surface area contributed by atoms with Crippen molar-refractivity contribution in [1.29, 1.82) is 0 Å². The van der Waals surface area contributed by atoms with Crippen molar-refractivity contribution >= 4 is 0 Å². The lowest BCUT2D eigenvalue weighted by molar-refractivity contribution is -0.227. The number of hydrogen-bond acceptors (Lipinski definition) is 2. The number of hydrogen-bond donors (Lipinski definition) is 0. The summed E-state index contributed by atoms with van der Waals surface area (Å²) in [6, 6.07) is 4.99. The molecule has 0 spiro atoms.